The van der Waals surface area contributed by atoms with E-state index in [0.29, 0.717) is 11.6 Å². The van der Waals surface area contributed by atoms with Crippen molar-refractivity contribution in [3.8, 4) is 17.1 Å². The Morgan fingerprint density at radius 3 is 2.56 bits per heavy atom. The maximum Gasteiger partial charge on any atom is 0.407 e. The first-order chi connectivity index (χ1) is 12.8. The maximum atomic E-state index is 11.9. The molecule has 3 N–H and O–H groups in total. The van der Waals surface area contributed by atoms with Crippen LogP contribution in [0.25, 0.3) is 11.3 Å². The number of ether oxygens (including phenoxy) is 2. The first-order valence-electron chi connectivity index (χ1n) is 9.28. The van der Waals surface area contributed by atoms with E-state index in [-0.39, 0.29) is 18.2 Å². The van der Waals surface area contributed by atoms with Crippen LogP contribution >= 0.6 is 0 Å². The minimum absolute atomic E-state index is 0.0862. The van der Waals surface area contributed by atoms with Gasteiger partial charge in [0.2, 0.25) is 0 Å². The van der Waals surface area contributed by atoms with Gasteiger partial charge in [-0.15, -0.1) is 0 Å². The van der Waals surface area contributed by atoms with Gasteiger partial charge in [0.05, 0.1) is 11.7 Å². The highest BCUT2D eigenvalue weighted by molar-refractivity contribution is 5.68. The fourth-order valence-corrected chi connectivity index (χ4v) is 3.17. The first kappa shape index (κ1) is 19.1. The standard InChI is InChI=1S/C20H27N3O4/c1-20(2,3)26-19(24)22-13-8-10-14(11-9-13)25-16-7-5-4-6-15(16)17-12-18(21)23-27-17/h4-7,12-14H,8-11H2,1-3H3,(H2,21,23)(H,22,24). The summed E-state index contributed by atoms with van der Waals surface area (Å²) in [5.74, 6) is 1.68. The van der Waals surface area contributed by atoms with E-state index < -0.39 is 5.60 Å². The smallest absolute Gasteiger partial charge is 0.407 e. The summed E-state index contributed by atoms with van der Waals surface area (Å²) in [7, 11) is 0. The van der Waals surface area contributed by atoms with Crippen LogP contribution in [-0.2, 0) is 4.74 Å². The number of benzene rings is 1. The summed E-state index contributed by atoms with van der Waals surface area (Å²) in [4.78, 5) is 11.9. The quantitative estimate of drug-likeness (QED) is 0.835. The number of aromatic nitrogens is 1. The van der Waals surface area contributed by atoms with E-state index in [1.807, 2.05) is 45.0 Å². The van der Waals surface area contributed by atoms with Crippen molar-refractivity contribution < 1.29 is 18.8 Å². The number of nitrogens with two attached hydrogens (primary N) is 1. The second kappa shape index (κ2) is 7.90. The fraction of sp³-hybridized carbons (Fsp3) is 0.500. The summed E-state index contributed by atoms with van der Waals surface area (Å²) in [5, 5.41) is 6.68. The zero-order valence-electron chi connectivity index (χ0n) is 16.0. The Hall–Kier alpha value is -2.70. The number of rotatable bonds is 4. The molecule has 2 aromatic rings. The zero-order chi connectivity index (χ0) is 19.4. The molecule has 0 atom stereocenters. The van der Waals surface area contributed by atoms with Crippen LogP contribution in [0.2, 0.25) is 0 Å². The molecule has 1 aromatic heterocycles. The average Bonchev–Trinajstić information content (AvgIpc) is 3.02. The van der Waals surface area contributed by atoms with E-state index in [0.717, 1.165) is 37.0 Å². The van der Waals surface area contributed by atoms with Gasteiger partial charge in [0.25, 0.3) is 0 Å². The van der Waals surface area contributed by atoms with Crippen LogP contribution in [0.3, 0.4) is 0 Å². The van der Waals surface area contributed by atoms with Crippen LogP contribution in [-0.4, -0.2) is 29.0 Å². The second-order valence-corrected chi connectivity index (χ2v) is 7.85. The molecule has 7 heteroatoms. The number of carbonyl (C=O) groups is 1. The summed E-state index contributed by atoms with van der Waals surface area (Å²) in [6, 6.07) is 9.48. The average molecular weight is 373 g/mol. The molecule has 0 aliphatic heterocycles. The lowest BCUT2D eigenvalue weighted by molar-refractivity contribution is 0.0471. The maximum absolute atomic E-state index is 11.9. The molecule has 0 saturated heterocycles. The number of anilines is 1. The molecule has 1 amide bonds. The lowest BCUT2D eigenvalue weighted by atomic mass is 9.93. The van der Waals surface area contributed by atoms with Crippen molar-refractivity contribution in [2.45, 2.75) is 64.2 Å². The second-order valence-electron chi connectivity index (χ2n) is 7.85. The third kappa shape index (κ3) is 5.39. The third-order valence-corrected chi connectivity index (χ3v) is 4.37. The minimum atomic E-state index is -0.488. The highest BCUT2D eigenvalue weighted by Gasteiger charge is 2.26. The van der Waals surface area contributed by atoms with Gasteiger partial charge in [0, 0.05) is 12.1 Å². The Morgan fingerprint density at radius 2 is 1.93 bits per heavy atom. The van der Waals surface area contributed by atoms with E-state index in [1.54, 1.807) is 6.07 Å². The highest BCUT2D eigenvalue weighted by Crippen LogP contribution is 2.33. The van der Waals surface area contributed by atoms with Crippen molar-refractivity contribution in [3.63, 3.8) is 0 Å². The van der Waals surface area contributed by atoms with Gasteiger partial charge in [-0.1, -0.05) is 17.3 Å². The molecule has 27 heavy (non-hydrogen) atoms. The Balaban J connectivity index is 1.55. The summed E-state index contributed by atoms with van der Waals surface area (Å²) >= 11 is 0. The molecule has 0 spiro atoms. The van der Waals surface area contributed by atoms with Gasteiger partial charge < -0.3 is 25.0 Å². The van der Waals surface area contributed by atoms with E-state index in [1.165, 1.54) is 0 Å². The van der Waals surface area contributed by atoms with E-state index in [2.05, 4.69) is 10.5 Å². The zero-order valence-corrected chi connectivity index (χ0v) is 16.0. The number of nitrogens with zero attached hydrogens (tertiary/aromatic N) is 1. The van der Waals surface area contributed by atoms with Crippen molar-refractivity contribution in [2.75, 3.05) is 5.73 Å². The molecule has 1 aliphatic rings. The number of hydrogen-bond donors (Lipinski definition) is 2. The van der Waals surface area contributed by atoms with Crippen LogP contribution in [0.4, 0.5) is 10.6 Å². The molecule has 0 unspecified atom stereocenters. The number of alkyl carbamates (subject to hydrolysis) is 1. The van der Waals surface area contributed by atoms with Gasteiger partial charge in [0.1, 0.15) is 11.4 Å². The van der Waals surface area contributed by atoms with Crippen molar-refractivity contribution >= 4 is 11.9 Å². The summed E-state index contributed by atoms with van der Waals surface area (Å²) in [6.07, 6.45) is 3.13. The number of nitrogens with one attached hydrogen (secondary N) is 1. The van der Waals surface area contributed by atoms with Crippen molar-refractivity contribution in [3.05, 3.63) is 30.3 Å². The summed E-state index contributed by atoms with van der Waals surface area (Å²) in [5.41, 5.74) is 5.99. The number of para-hydroxylation sites is 1. The molecule has 1 aromatic carbocycles. The van der Waals surface area contributed by atoms with E-state index in [4.69, 9.17) is 19.7 Å². The van der Waals surface area contributed by atoms with E-state index in [9.17, 15) is 4.79 Å². The first-order valence-corrected chi connectivity index (χ1v) is 9.28. The van der Waals surface area contributed by atoms with Crippen LogP contribution in [0.5, 0.6) is 5.75 Å². The van der Waals surface area contributed by atoms with E-state index >= 15 is 0 Å². The Labute approximate surface area is 159 Å². The van der Waals surface area contributed by atoms with Gasteiger partial charge in [-0.2, -0.15) is 0 Å². The molecule has 146 valence electrons. The Bertz CT molecular complexity index is 774. The van der Waals surface area contributed by atoms with Crippen molar-refractivity contribution in [2.24, 2.45) is 0 Å². The molecule has 1 fully saturated rings. The Morgan fingerprint density at radius 1 is 1.22 bits per heavy atom. The predicted octanol–water partition coefficient (Wildman–Crippen LogP) is 4.14. The number of nitrogen functional groups attached to an aromatic ring is 1. The molecule has 3 rings (SSSR count). The van der Waals surface area contributed by atoms with Crippen LogP contribution in [0.15, 0.2) is 34.9 Å². The van der Waals surface area contributed by atoms with Crippen molar-refractivity contribution in [1.82, 2.24) is 10.5 Å². The highest BCUT2D eigenvalue weighted by atomic mass is 16.6. The van der Waals surface area contributed by atoms with Crippen molar-refractivity contribution in [1.29, 1.82) is 0 Å². The molecular formula is C20H27N3O4. The number of hydrogen-bond acceptors (Lipinski definition) is 6. The predicted molar refractivity (Wildman–Crippen MR) is 102 cm³/mol. The SMILES string of the molecule is CC(C)(C)OC(=O)NC1CCC(Oc2ccccc2-c2cc(N)no2)CC1. The third-order valence-electron chi connectivity index (χ3n) is 4.37. The molecule has 0 bridgehead atoms. The fourth-order valence-electron chi connectivity index (χ4n) is 3.17. The minimum Gasteiger partial charge on any atom is -0.490 e. The number of carbonyl (C=O) groups excluding carboxylic acids is 1. The molecule has 1 aliphatic carbocycles. The van der Waals surface area contributed by atoms with Gasteiger partial charge in [-0.05, 0) is 58.6 Å². The lowest BCUT2D eigenvalue weighted by Gasteiger charge is -2.30. The lowest BCUT2D eigenvalue weighted by Crippen LogP contribution is -2.42. The van der Waals surface area contributed by atoms with Gasteiger partial charge in [0.15, 0.2) is 11.6 Å². The largest absolute Gasteiger partial charge is 0.490 e. The Kier molecular flexibility index (Phi) is 5.58. The van der Waals surface area contributed by atoms with Crippen LogP contribution in [0.1, 0.15) is 46.5 Å². The summed E-state index contributed by atoms with van der Waals surface area (Å²) in [6.45, 7) is 5.57. The molecule has 7 nitrogen and oxygen atoms in total. The van der Waals surface area contributed by atoms with Crippen LogP contribution < -0.4 is 15.8 Å². The van der Waals surface area contributed by atoms with Gasteiger partial charge in [-0.25, -0.2) is 4.79 Å². The van der Waals surface area contributed by atoms with Gasteiger partial charge in [-0.3, -0.25) is 0 Å². The molecule has 0 radical (unpaired) electrons. The van der Waals surface area contributed by atoms with Gasteiger partial charge >= 0.3 is 6.09 Å². The topological polar surface area (TPSA) is 99.6 Å². The monoisotopic (exact) mass is 373 g/mol. The number of amides is 1. The summed E-state index contributed by atoms with van der Waals surface area (Å²) < 4.78 is 16.8. The molecular weight excluding hydrogens is 346 g/mol. The van der Waals surface area contributed by atoms with Crippen LogP contribution in [0, 0.1) is 0 Å². The normalized spacial score (nSPS) is 20.1. The molecule has 1 heterocycles. The molecule has 1 saturated carbocycles.